The van der Waals surface area contributed by atoms with Gasteiger partial charge >= 0.3 is 0 Å². The summed E-state index contributed by atoms with van der Waals surface area (Å²) in [6.07, 6.45) is 3.44. The summed E-state index contributed by atoms with van der Waals surface area (Å²) in [5.41, 5.74) is 2.14. The monoisotopic (exact) mass is 366 g/mol. The number of hydrogen-bond acceptors (Lipinski definition) is 4. The Morgan fingerprint density at radius 2 is 1.96 bits per heavy atom. The number of carbonyl (C=O) groups excluding carboxylic acids is 1. The van der Waals surface area contributed by atoms with E-state index in [0.717, 1.165) is 5.56 Å². The lowest BCUT2D eigenvalue weighted by molar-refractivity contribution is 0.0984. The molecule has 1 aromatic heterocycles. The van der Waals surface area contributed by atoms with Crippen LogP contribution in [0.2, 0.25) is 5.02 Å². The summed E-state index contributed by atoms with van der Waals surface area (Å²) in [6.45, 7) is 0.544. The molecular weight excluding hydrogens is 352 g/mol. The Hall–Kier alpha value is -3.05. The lowest BCUT2D eigenvalue weighted by atomic mass is 10.1. The SMILES string of the molecule is O=C(c1ccc2c(c1)OCO2)N(Cc1cccnc1)c1cccc(Cl)c1. The van der Waals surface area contributed by atoms with Crippen LogP contribution in [0.4, 0.5) is 5.69 Å². The van der Waals surface area contributed by atoms with Crippen LogP contribution in [0, 0.1) is 0 Å². The highest BCUT2D eigenvalue weighted by Crippen LogP contribution is 2.33. The molecular formula is C20H15ClN2O3. The second-order valence-corrected chi connectivity index (χ2v) is 6.24. The van der Waals surface area contributed by atoms with Crippen LogP contribution >= 0.6 is 11.6 Å². The second kappa shape index (κ2) is 7.06. The van der Waals surface area contributed by atoms with Crippen molar-refractivity contribution in [3.8, 4) is 11.5 Å². The minimum absolute atomic E-state index is 0.158. The first-order valence-electron chi connectivity index (χ1n) is 8.07. The van der Waals surface area contributed by atoms with Gasteiger partial charge in [0.25, 0.3) is 5.91 Å². The number of carbonyl (C=O) groups is 1. The number of amides is 1. The molecule has 0 saturated heterocycles. The van der Waals surface area contributed by atoms with Crippen molar-refractivity contribution in [3.05, 3.63) is 83.1 Å². The number of fused-ring (bicyclic) bond motifs is 1. The minimum Gasteiger partial charge on any atom is -0.454 e. The van der Waals surface area contributed by atoms with Gasteiger partial charge in [-0.25, -0.2) is 0 Å². The van der Waals surface area contributed by atoms with Crippen LogP contribution < -0.4 is 14.4 Å². The van der Waals surface area contributed by atoms with Crippen molar-refractivity contribution < 1.29 is 14.3 Å². The Kier molecular flexibility index (Phi) is 4.46. The van der Waals surface area contributed by atoms with Gasteiger partial charge in [-0.1, -0.05) is 23.7 Å². The molecule has 5 nitrogen and oxygen atoms in total. The minimum atomic E-state index is -0.158. The van der Waals surface area contributed by atoms with Crippen LogP contribution in [0.15, 0.2) is 67.0 Å². The molecule has 0 atom stereocenters. The number of benzene rings is 2. The maximum Gasteiger partial charge on any atom is 0.258 e. The molecule has 0 saturated carbocycles. The van der Waals surface area contributed by atoms with E-state index in [1.807, 2.05) is 24.3 Å². The smallest absolute Gasteiger partial charge is 0.258 e. The van der Waals surface area contributed by atoms with Gasteiger partial charge in [-0.3, -0.25) is 9.78 Å². The third-order valence-electron chi connectivity index (χ3n) is 4.05. The van der Waals surface area contributed by atoms with Crippen LogP contribution in [0.5, 0.6) is 11.5 Å². The van der Waals surface area contributed by atoms with Crippen LogP contribution in [0.3, 0.4) is 0 Å². The molecule has 2 heterocycles. The van der Waals surface area contributed by atoms with Crippen molar-refractivity contribution in [1.29, 1.82) is 0 Å². The van der Waals surface area contributed by atoms with Gasteiger partial charge in [0.05, 0.1) is 6.54 Å². The van der Waals surface area contributed by atoms with Crippen molar-refractivity contribution in [3.63, 3.8) is 0 Å². The van der Waals surface area contributed by atoms with Gasteiger partial charge in [-0.15, -0.1) is 0 Å². The van der Waals surface area contributed by atoms with Crippen molar-refractivity contribution in [2.75, 3.05) is 11.7 Å². The second-order valence-electron chi connectivity index (χ2n) is 5.80. The van der Waals surface area contributed by atoms with E-state index in [0.29, 0.717) is 34.3 Å². The lowest BCUT2D eigenvalue weighted by Crippen LogP contribution is -2.30. The summed E-state index contributed by atoms with van der Waals surface area (Å²) in [4.78, 5) is 19.0. The molecule has 0 radical (unpaired) electrons. The Morgan fingerprint density at radius 3 is 2.77 bits per heavy atom. The molecule has 3 aromatic rings. The molecule has 0 spiro atoms. The Bertz CT molecular complexity index is 947. The Labute approximate surface area is 155 Å². The van der Waals surface area contributed by atoms with Crippen molar-refractivity contribution in [2.24, 2.45) is 0 Å². The molecule has 4 rings (SSSR count). The number of anilines is 1. The third kappa shape index (κ3) is 3.34. The van der Waals surface area contributed by atoms with E-state index in [2.05, 4.69) is 4.98 Å². The number of aromatic nitrogens is 1. The topological polar surface area (TPSA) is 51.7 Å². The van der Waals surface area contributed by atoms with E-state index in [-0.39, 0.29) is 12.7 Å². The van der Waals surface area contributed by atoms with Gasteiger partial charge in [0, 0.05) is 28.7 Å². The first-order valence-corrected chi connectivity index (χ1v) is 8.44. The molecule has 1 aliphatic rings. The summed E-state index contributed by atoms with van der Waals surface area (Å²) in [6, 6.07) is 16.2. The predicted molar refractivity (Wildman–Crippen MR) is 98.8 cm³/mol. The van der Waals surface area contributed by atoms with E-state index in [1.54, 1.807) is 47.6 Å². The third-order valence-corrected chi connectivity index (χ3v) is 4.28. The number of hydrogen-bond donors (Lipinski definition) is 0. The highest BCUT2D eigenvalue weighted by molar-refractivity contribution is 6.31. The summed E-state index contributed by atoms with van der Waals surface area (Å²) < 4.78 is 10.7. The van der Waals surface area contributed by atoms with Crippen LogP contribution in [0.1, 0.15) is 15.9 Å². The van der Waals surface area contributed by atoms with Gasteiger partial charge in [-0.2, -0.15) is 0 Å². The summed E-state index contributed by atoms with van der Waals surface area (Å²) in [5, 5.41) is 0.567. The lowest BCUT2D eigenvalue weighted by Gasteiger charge is -2.23. The standard InChI is InChI=1S/C20H15ClN2O3/c21-16-4-1-5-17(10-16)23(12-14-3-2-8-22-11-14)20(24)15-6-7-18-19(9-15)26-13-25-18/h1-11H,12-13H2. The molecule has 0 fully saturated rings. The molecule has 0 bridgehead atoms. The summed E-state index contributed by atoms with van der Waals surface area (Å²) >= 11 is 6.13. The zero-order chi connectivity index (χ0) is 17.9. The quantitative estimate of drug-likeness (QED) is 0.690. The van der Waals surface area contributed by atoms with E-state index in [1.165, 1.54) is 0 Å². The summed E-state index contributed by atoms with van der Waals surface area (Å²) in [5.74, 6) is 1.06. The number of nitrogens with zero attached hydrogens (tertiary/aromatic N) is 2. The predicted octanol–water partition coefficient (Wildman–Crippen LogP) is 4.31. The average Bonchev–Trinajstić information content (AvgIpc) is 3.14. The number of halogens is 1. The highest BCUT2D eigenvalue weighted by Gasteiger charge is 2.22. The maximum atomic E-state index is 13.2. The van der Waals surface area contributed by atoms with E-state index in [9.17, 15) is 4.79 Å². The molecule has 26 heavy (non-hydrogen) atoms. The van der Waals surface area contributed by atoms with E-state index >= 15 is 0 Å². The van der Waals surface area contributed by atoms with Gasteiger partial charge in [0.1, 0.15) is 0 Å². The van der Waals surface area contributed by atoms with Gasteiger partial charge in [0.15, 0.2) is 11.5 Å². The molecule has 0 N–H and O–H groups in total. The molecule has 0 unspecified atom stereocenters. The van der Waals surface area contributed by atoms with Gasteiger partial charge in [-0.05, 0) is 48.0 Å². The van der Waals surface area contributed by atoms with Crippen LogP contribution in [-0.4, -0.2) is 17.7 Å². The Balaban J connectivity index is 1.71. The largest absolute Gasteiger partial charge is 0.454 e. The van der Waals surface area contributed by atoms with Crippen LogP contribution in [0.25, 0.3) is 0 Å². The van der Waals surface area contributed by atoms with Gasteiger partial charge < -0.3 is 14.4 Å². The number of rotatable bonds is 4. The maximum absolute atomic E-state index is 13.2. The molecule has 2 aromatic carbocycles. The molecule has 130 valence electrons. The molecule has 0 aliphatic carbocycles. The first kappa shape index (κ1) is 16.4. The van der Waals surface area contributed by atoms with Crippen molar-refractivity contribution in [1.82, 2.24) is 4.98 Å². The van der Waals surface area contributed by atoms with Gasteiger partial charge in [0.2, 0.25) is 6.79 Å². The zero-order valence-corrected chi connectivity index (χ0v) is 14.5. The summed E-state index contributed by atoms with van der Waals surface area (Å²) in [7, 11) is 0. The van der Waals surface area contributed by atoms with Crippen LogP contribution in [-0.2, 0) is 6.54 Å². The van der Waals surface area contributed by atoms with E-state index < -0.39 is 0 Å². The number of ether oxygens (including phenoxy) is 2. The fraction of sp³-hybridized carbons (Fsp3) is 0.100. The zero-order valence-electron chi connectivity index (χ0n) is 13.8. The molecule has 1 amide bonds. The van der Waals surface area contributed by atoms with Crippen molar-refractivity contribution in [2.45, 2.75) is 6.54 Å². The Morgan fingerprint density at radius 1 is 1.08 bits per heavy atom. The van der Waals surface area contributed by atoms with E-state index in [4.69, 9.17) is 21.1 Å². The highest BCUT2D eigenvalue weighted by atomic mass is 35.5. The normalized spacial score (nSPS) is 12.0. The fourth-order valence-electron chi connectivity index (χ4n) is 2.78. The average molecular weight is 367 g/mol. The van der Waals surface area contributed by atoms with Crippen molar-refractivity contribution >= 4 is 23.2 Å². The molecule has 1 aliphatic heterocycles. The fourth-order valence-corrected chi connectivity index (χ4v) is 2.97. The number of pyridine rings is 1. The molecule has 6 heteroatoms. The first-order chi connectivity index (χ1) is 12.7.